The van der Waals surface area contributed by atoms with Gasteiger partial charge in [0.25, 0.3) is 0 Å². The van der Waals surface area contributed by atoms with Crippen molar-refractivity contribution in [1.29, 1.82) is 0 Å². The molecule has 0 saturated heterocycles. The van der Waals surface area contributed by atoms with Gasteiger partial charge in [-0.05, 0) is 0 Å². The Labute approximate surface area is 107 Å². The van der Waals surface area contributed by atoms with E-state index in [0.29, 0.717) is 26.2 Å². The number of nitrogens with zero attached hydrogens (tertiary/aromatic N) is 1. The zero-order chi connectivity index (χ0) is 13.8. The number of imide groups is 1. The lowest BCUT2D eigenvalue weighted by molar-refractivity contribution is -0.121. The van der Waals surface area contributed by atoms with E-state index in [1.54, 1.807) is 12.0 Å². The molecule has 104 valence electrons. The largest absolute Gasteiger partial charge is 0.395 e. The number of nitrogens with one attached hydrogen (secondary N) is 2. The van der Waals surface area contributed by atoms with Gasteiger partial charge in [0.15, 0.2) is 0 Å². The van der Waals surface area contributed by atoms with Crippen LogP contribution in [0.2, 0.25) is 0 Å². The molecule has 0 aromatic rings. The highest BCUT2D eigenvalue weighted by atomic mass is 16.5. The Morgan fingerprint density at radius 3 is 2.72 bits per heavy atom. The van der Waals surface area contributed by atoms with Crippen molar-refractivity contribution in [3.05, 3.63) is 12.7 Å². The summed E-state index contributed by atoms with van der Waals surface area (Å²) in [7, 11) is 1.56. The first kappa shape index (κ1) is 16.6. The zero-order valence-electron chi connectivity index (χ0n) is 10.6. The summed E-state index contributed by atoms with van der Waals surface area (Å²) in [6.45, 7) is 5.03. The Balaban J connectivity index is 3.99. The smallest absolute Gasteiger partial charge is 0.321 e. The van der Waals surface area contributed by atoms with Gasteiger partial charge >= 0.3 is 6.03 Å². The molecule has 0 bridgehead atoms. The second-order valence-electron chi connectivity index (χ2n) is 3.54. The first-order valence-electron chi connectivity index (χ1n) is 5.64. The number of methoxy groups -OCH3 is 1. The van der Waals surface area contributed by atoms with Gasteiger partial charge in [-0.15, -0.1) is 6.58 Å². The normalized spacial score (nSPS) is 10.2. The van der Waals surface area contributed by atoms with Crippen LogP contribution in [0.15, 0.2) is 12.7 Å². The molecule has 0 aliphatic carbocycles. The van der Waals surface area contributed by atoms with Crippen molar-refractivity contribution < 1.29 is 19.4 Å². The lowest BCUT2D eigenvalue weighted by Crippen LogP contribution is -2.45. The van der Waals surface area contributed by atoms with Crippen LogP contribution >= 0.6 is 0 Å². The molecule has 3 N–H and O–H groups in total. The van der Waals surface area contributed by atoms with Crippen molar-refractivity contribution in [2.24, 2.45) is 0 Å². The number of carbonyl (C=O) groups excluding carboxylic acids is 2. The zero-order valence-corrected chi connectivity index (χ0v) is 10.6. The Morgan fingerprint density at radius 1 is 1.44 bits per heavy atom. The highest BCUT2D eigenvalue weighted by Crippen LogP contribution is 1.88. The van der Waals surface area contributed by atoms with E-state index in [2.05, 4.69) is 17.2 Å². The summed E-state index contributed by atoms with van der Waals surface area (Å²) in [5.41, 5.74) is 0. The molecule has 7 heteroatoms. The van der Waals surface area contributed by atoms with E-state index in [9.17, 15) is 9.59 Å². The van der Waals surface area contributed by atoms with E-state index in [1.165, 1.54) is 6.08 Å². The molecule has 0 aliphatic rings. The highest BCUT2D eigenvalue weighted by Gasteiger charge is 2.12. The van der Waals surface area contributed by atoms with Crippen LogP contribution in [0.5, 0.6) is 0 Å². The van der Waals surface area contributed by atoms with Gasteiger partial charge in [-0.3, -0.25) is 15.0 Å². The summed E-state index contributed by atoms with van der Waals surface area (Å²) in [6, 6.07) is -0.560. The number of carbonyl (C=O) groups is 2. The van der Waals surface area contributed by atoms with Crippen molar-refractivity contribution >= 4 is 11.9 Å². The molecule has 0 unspecified atom stereocenters. The predicted molar refractivity (Wildman–Crippen MR) is 67.1 cm³/mol. The van der Waals surface area contributed by atoms with E-state index in [1.807, 2.05) is 0 Å². The van der Waals surface area contributed by atoms with Crippen LogP contribution in [0.4, 0.5) is 4.79 Å². The monoisotopic (exact) mass is 259 g/mol. The van der Waals surface area contributed by atoms with Crippen molar-refractivity contribution in [1.82, 2.24) is 15.5 Å². The van der Waals surface area contributed by atoms with E-state index in [-0.39, 0.29) is 13.2 Å². The van der Waals surface area contributed by atoms with Gasteiger partial charge in [0, 0.05) is 26.7 Å². The summed E-state index contributed by atoms with van der Waals surface area (Å²) in [4.78, 5) is 24.4. The summed E-state index contributed by atoms with van der Waals surface area (Å²) in [5.74, 6) is -0.430. The minimum Gasteiger partial charge on any atom is -0.395 e. The molecular weight excluding hydrogens is 238 g/mol. The van der Waals surface area contributed by atoms with Crippen molar-refractivity contribution in [3.63, 3.8) is 0 Å². The van der Waals surface area contributed by atoms with Crippen LogP contribution < -0.4 is 10.6 Å². The molecule has 0 fully saturated rings. The van der Waals surface area contributed by atoms with Gasteiger partial charge in [-0.25, -0.2) is 4.79 Å². The Morgan fingerprint density at radius 2 is 2.17 bits per heavy atom. The molecule has 18 heavy (non-hydrogen) atoms. The number of urea groups is 1. The summed E-state index contributed by atoms with van der Waals surface area (Å²) in [6.07, 6.45) is 1.51. The number of hydrogen-bond donors (Lipinski definition) is 3. The number of ether oxygens (including phenoxy) is 1. The van der Waals surface area contributed by atoms with E-state index < -0.39 is 11.9 Å². The van der Waals surface area contributed by atoms with Crippen LogP contribution in [0, 0.1) is 0 Å². The summed E-state index contributed by atoms with van der Waals surface area (Å²) >= 11 is 0. The third-order valence-electron chi connectivity index (χ3n) is 2.05. The maximum absolute atomic E-state index is 11.5. The quantitative estimate of drug-likeness (QED) is 0.459. The first-order valence-corrected chi connectivity index (χ1v) is 5.64. The summed E-state index contributed by atoms with van der Waals surface area (Å²) < 4.78 is 4.89. The van der Waals surface area contributed by atoms with Gasteiger partial charge in [0.05, 0.1) is 19.8 Å². The van der Waals surface area contributed by atoms with Gasteiger partial charge in [-0.2, -0.15) is 0 Å². The molecule has 0 spiro atoms. The van der Waals surface area contributed by atoms with Crippen LogP contribution in [0.3, 0.4) is 0 Å². The second-order valence-corrected chi connectivity index (χ2v) is 3.54. The fourth-order valence-corrected chi connectivity index (χ4v) is 1.21. The highest BCUT2D eigenvalue weighted by molar-refractivity contribution is 5.95. The average Bonchev–Trinajstić information content (AvgIpc) is 2.33. The molecule has 0 aromatic heterocycles. The Hall–Kier alpha value is -1.44. The molecule has 0 heterocycles. The van der Waals surface area contributed by atoms with Crippen LogP contribution in [0.1, 0.15) is 0 Å². The van der Waals surface area contributed by atoms with Crippen molar-refractivity contribution in [2.75, 3.05) is 46.5 Å². The maximum Gasteiger partial charge on any atom is 0.321 e. The fourth-order valence-electron chi connectivity index (χ4n) is 1.21. The van der Waals surface area contributed by atoms with E-state index in [4.69, 9.17) is 9.84 Å². The lowest BCUT2D eigenvalue weighted by Gasteiger charge is -2.19. The molecule has 0 rings (SSSR count). The Bertz CT molecular complexity index is 271. The lowest BCUT2D eigenvalue weighted by atomic mass is 10.4. The molecule has 0 aliphatic heterocycles. The first-order chi connectivity index (χ1) is 8.63. The minimum atomic E-state index is -0.560. The molecule has 0 saturated carbocycles. The predicted octanol–water partition coefficient (Wildman–Crippen LogP) is -1.06. The molecule has 7 nitrogen and oxygen atoms in total. The third kappa shape index (κ3) is 8.68. The average molecular weight is 259 g/mol. The molecule has 0 radical (unpaired) electrons. The maximum atomic E-state index is 11.5. The van der Waals surface area contributed by atoms with Gasteiger partial charge in [-0.1, -0.05) is 6.08 Å². The number of amides is 3. The van der Waals surface area contributed by atoms with Crippen molar-refractivity contribution in [3.8, 4) is 0 Å². The number of rotatable bonds is 9. The topological polar surface area (TPSA) is 90.9 Å². The van der Waals surface area contributed by atoms with E-state index >= 15 is 0 Å². The number of hydrogen-bond acceptors (Lipinski definition) is 5. The summed E-state index contributed by atoms with van der Waals surface area (Å²) in [5, 5.41) is 13.5. The van der Waals surface area contributed by atoms with E-state index in [0.717, 1.165) is 0 Å². The van der Waals surface area contributed by atoms with Crippen LogP contribution in [-0.4, -0.2) is 68.4 Å². The third-order valence-corrected chi connectivity index (χ3v) is 2.05. The molecule has 0 atom stereocenters. The van der Waals surface area contributed by atoms with Gasteiger partial charge in [0.1, 0.15) is 0 Å². The fraction of sp³-hybridized carbons (Fsp3) is 0.636. The minimum absolute atomic E-state index is 0.0332. The van der Waals surface area contributed by atoms with Gasteiger partial charge in [0.2, 0.25) is 5.91 Å². The second kappa shape index (κ2) is 10.7. The molecule has 3 amide bonds. The molecular formula is C11H21N3O4. The SMILES string of the molecule is C=CCNC(=O)NC(=O)CN(CCO)CCOC. The van der Waals surface area contributed by atoms with Crippen LogP contribution in [0.25, 0.3) is 0 Å². The van der Waals surface area contributed by atoms with Crippen LogP contribution in [-0.2, 0) is 9.53 Å². The van der Waals surface area contributed by atoms with Crippen molar-refractivity contribution in [2.45, 2.75) is 0 Å². The standard InChI is InChI=1S/C11H21N3O4/c1-3-4-12-11(17)13-10(16)9-14(5-7-15)6-8-18-2/h3,15H,1,4-9H2,2H3,(H2,12,13,16,17). The number of aliphatic hydroxyl groups is 1. The number of aliphatic hydroxyl groups excluding tert-OH is 1. The Kier molecular flexibility index (Phi) is 9.84. The van der Waals surface area contributed by atoms with Gasteiger partial charge < -0.3 is 15.2 Å². The molecule has 0 aromatic carbocycles.